The third-order valence-corrected chi connectivity index (χ3v) is 5.44. The number of para-hydroxylation sites is 2. The van der Waals surface area contributed by atoms with Gasteiger partial charge in [-0.1, -0.05) is 53.3 Å². The number of nitrogens with one attached hydrogen (secondary N) is 1. The molecule has 0 bridgehead atoms. The zero-order valence-corrected chi connectivity index (χ0v) is 18.3. The zero-order chi connectivity index (χ0) is 22.5. The molecule has 2 amide bonds. The molecule has 0 radical (unpaired) electrons. The van der Waals surface area contributed by atoms with Gasteiger partial charge in [-0.25, -0.2) is 4.99 Å². The van der Waals surface area contributed by atoms with Crippen LogP contribution >= 0.6 is 11.8 Å². The van der Waals surface area contributed by atoms with Crippen LogP contribution in [0.3, 0.4) is 0 Å². The van der Waals surface area contributed by atoms with Crippen molar-refractivity contribution in [2.24, 2.45) is 4.99 Å². The first-order valence-corrected chi connectivity index (χ1v) is 10.7. The number of hydrogen-bond donors (Lipinski definition) is 1. The Hall–Kier alpha value is -3.85. The van der Waals surface area contributed by atoms with Gasteiger partial charge in [0.25, 0.3) is 5.91 Å². The maximum Gasteiger partial charge on any atom is 0.283 e. The molecule has 1 N–H and O–H groups in total. The van der Waals surface area contributed by atoms with E-state index in [2.05, 4.69) is 15.5 Å². The van der Waals surface area contributed by atoms with Crippen LogP contribution in [0, 0.1) is 6.92 Å². The van der Waals surface area contributed by atoms with Crippen LogP contribution < -0.4 is 15.0 Å². The Morgan fingerprint density at radius 2 is 1.94 bits per heavy atom. The summed E-state index contributed by atoms with van der Waals surface area (Å²) in [6, 6.07) is 18.2. The number of anilines is 2. The predicted octanol–water partition coefficient (Wildman–Crippen LogP) is 4.11. The second kappa shape index (κ2) is 9.52. The molecule has 0 spiro atoms. The van der Waals surface area contributed by atoms with Crippen molar-refractivity contribution >= 4 is 46.3 Å². The van der Waals surface area contributed by atoms with Crippen molar-refractivity contribution in [1.82, 2.24) is 5.16 Å². The number of aliphatic imine (C=N–C) groups is 1. The Balaban J connectivity index is 1.59. The summed E-state index contributed by atoms with van der Waals surface area (Å²) in [5, 5.41) is 6.83. The van der Waals surface area contributed by atoms with Crippen LogP contribution in [-0.4, -0.2) is 35.0 Å². The first-order valence-electron chi connectivity index (χ1n) is 9.74. The number of thioether (sulfide) groups is 1. The number of amides is 2. The maximum atomic E-state index is 13.2. The highest BCUT2D eigenvalue weighted by atomic mass is 32.2. The molecular formula is C23H20N4O4S. The summed E-state index contributed by atoms with van der Waals surface area (Å²) in [7, 11) is 1.57. The number of aromatic nitrogens is 1. The highest BCUT2D eigenvalue weighted by Gasteiger charge is 2.32. The van der Waals surface area contributed by atoms with Crippen LogP contribution in [0.4, 0.5) is 11.5 Å². The van der Waals surface area contributed by atoms with E-state index < -0.39 is 0 Å². The Bertz CT molecular complexity index is 1200. The predicted molar refractivity (Wildman–Crippen MR) is 125 cm³/mol. The largest absolute Gasteiger partial charge is 0.496 e. The number of hydrogen-bond acceptors (Lipinski definition) is 7. The lowest BCUT2D eigenvalue weighted by Crippen LogP contribution is -2.31. The van der Waals surface area contributed by atoms with Gasteiger partial charge in [-0.15, -0.1) is 0 Å². The first kappa shape index (κ1) is 21.4. The molecular weight excluding hydrogens is 428 g/mol. The van der Waals surface area contributed by atoms with E-state index in [0.29, 0.717) is 28.2 Å². The minimum Gasteiger partial charge on any atom is -0.496 e. The molecule has 162 valence electrons. The molecule has 0 fully saturated rings. The van der Waals surface area contributed by atoms with E-state index in [9.17, 15) is 9.59 Å². The van der Waals surface area contributed by atoms with Crippen molar-refractivity contribution in [3.8, 4) is 5.75 Å². The monoisotopic (exact) mass is 448 g/mol. The summed E-state index contributed by atoms with van der Waals surface area (Å²) >= 11 is 1.16. The van der Waals surface area contributed by atoms with Crippen molar-refractivity contribution < 1.29 is 18.8 Å². The quantitative estimate of drug-likeness (QED) is 0.570. The lowest BCUT2D eigenvalue weighted by Gasteiger charge is -2.17. The van der Waals surface area contributed by atoms with Crippen molar-refractivity contribution in [1.29, 1.82) is 0 Å². The molecule has 1 aliphatic rings. The van der Waals surface area contributed by atoms with Crippen molar-refractivity contribution in [2.45, 2.75) is 6.92 Å². The molecule has 4 rings (SSSR count). The Morgan fingerprint density at radius 3 is 2.66 bits per heavy atom. The van der Waals surface area contributed by atoms with Gasteiger partial charge in [0.15, 0.2) is 11.0 Å². The van der Waals surface area contributed by atoms with Crippen molar-refractivity contribution in [3.63, 3.8) is 0 Å². The Morgan fingerprint density at radius 1 is 1.19 bits per heavy atom. The maximum absolute atomic E-state index is 13.2. The third kappa shape index (κ3) is 4.73. The first-order chi connectivity index (χ1) is 15.5. The van der Waals surface area contributed by atoms with E-state index in [1.165, 1.54) is 4.90 Å². The van der Waals surface area contributed by atoms with Gasteiger partial charge in [-0.2, -0.15) is 0 Å². The van der Waals surface area contributed by atoms with Crippen LogP contribution in [0.1, 0.15) is 11.3 Å². The summed E-state index contributed by atoms with van der Waals surface area (Å²) in [4.78, 5) is 31.6. The lowest BCUT2D eigenvalue weighted by molar-refractivity contribution is -0.114. The number of methoxy groups -OCH3 is 1. The lowest BCUT2D eigenvalue weighted by atomic mass is 10.1. The van der Waals surface area contributed by atoms with Crippen molar-refractivity contribution in [2.75, 3.05) is 23.1 Å². The number of benzene rings is 2. The van der Waals surface area contributed by atoms with E-state index in [0.717, 1.165) is 17.3 Å². The molecule has 1 aliphatic heterocycles. The number of nitrogens with zero attached hydrogens (tertiary/aromatic N) is 3. The molecule has 0 unspecified atom stereocenters. The summed E-state index contributed by atoms with van der Waals surface area (Å²) in [5.74, 6) is 1.06. The second-order valence-corrected chi connectivity index (χ2v) is 7.74. The van der Waals surface area contributed by atoms with Crippen LogP contribution in [0.15, 0.2) is 75.9 Å². The van der Waals surface area contributed by atoms with Gasteiger partial charge < -0.3 is 14.6 Å². The average molecular weight is 449 g/mol. The van der Waals surface area contributed by atoms with Gasteiger partial charge in [0.1, 0.15) is 17.2 Å². The normalized spacial score (nSPS) is 14.6. The molecule has 2 heterocycles. The van der Waals surface area contributed by atoms with Gasteiger partial charge in [0.05, 0.1) is 18.6 Å². The van der Waals surface area contributed by atoms with E-state index >= 15 is 0 Å². The fourth-order valence-corrected chi connectivity index (χ4v) is 3.88. The highest BCUT2D eigenvalue weighted by Crippen LogP contribution is 2.30. The molecule has 0 saturated carbocycles. The zero-order valence-electron chi connectivity index (χ0n) is 17.4. The average Bonchev–Trinajstić information content (AvgIpc) is 3.35. The standard InChI is InChI=1S/C23H20N4O4S/c1-15-12-20(26-31-15)25-21(28)14-32-23-24-18(13-16-8-6-7-11-19(16)30-2)22(29)27(23)17-9-4-3-5-10-17/h3-13H,14H2,1-2H3,(H,25,26,28)/b18-13-. The molecule has 3 aromatic rings. The van der Waals surface area contributed by atoms with Gasteiger partial charge >= 0.3 is 0 Å². The summed E-state index contributed by atoms with van der Waals surface area (Å²) in [6.07, 6.45) is 1.68. The second-order valence-electron chi connectivity index (χ2n) is 6.80. The van der Waals surface area contributed by atoms with E-state index in [1.807, 2.05) is 54.6 Å². The fourth-order valence-electron chi connectivity index (χ4n) is 3.07. The molecule has 2 aromatic carbocycles. The molecule has 9 heteroatoms. The number of carbonyl (C=O) groups is 2. The van der Waals surface area contributed by atoms with Gasteiger partial charge in [-0.3, -0.25) is 14.5 Å². The van der Waals surface area contributed by atoms with E-state index in [-0.39, 0.29) is 23.3 Å². The fraction of sp³-hybridized carbons (Fsp3) is 0.130. The third-order valence-electron chi connectivity index (χ3n) is 4.50. The number of rotatable bonds is 6. The molecule has 0 saturated heterocycles. The summed E-state index contributed by atoms with van der Waals surface area (Å²) in [6.45, 7) is 1.74. The van der Waals surface area contributed by atoms with E-state index in [1.54, 1.807) is 26.2 Å². The smallest absolute Gasteiger partial charge is 0.283 e. The number of amidine groups is 1. The Labute approximate surface area is 188 Å². The summed E-state index contributed by atoms with van der Waals surface area (Å²) in [5.41, 5.74) is 1.66. The van der Waals surface area contributed by atoms with E-state index in [4.69, 9.17) is 9.26 Å². The number of aryl methyl sites for hydroxylation is 1. The van der Waals surface area contributed by atoms with Gasteiger partial charge in [-0.05, 0) is 31.2 Å². The number of ether oxygens (including phenoxy) is 1. The topological polar surface area (TPSA) is 97.0 Å². The van der Waals surface area contributed by atoms with Crippen LogP contribution in [0.25, 0.3) is 6.08 Å². The highest BCUT2D eigenvalue weighted by molar-refractivity contribution is 8.14. The van der Waals surface area contributed by atoms with Crippen molar-refractivity contribution in [3.05, 3.63) is 77.7 Å². The van der Waals surface area contributed by atoms with Gasteiger partial charge in [0.2, 0.25) is 5.91 Å². The summed E-state index contributed by atoms with van der Waals surface area (Å²) < 4.78 is 10.3. The van der Waals surface area contributed by atoms with Crippen LogP contribution in [-0.2, 0) is 9.59 Å². The molecule has 0 atom stereocenters. The van der Waals surface area contributed by atoms with Gasteiger partial charge in [0, 0.05) is 11.6 Å². The minimum atomic E-state index is -0.284. The molecule has 1 aromatic heterocycles. The molecule has 32 heavy (non-hydrogen) atoms. The minimum absolute atomic E-state index is 0.0449. The Kier molecular flexibility index (Phi) is 6.37. The molecule has 0 aliphatic carbocycles. The van der Waals surface area contributed by atoms with Crippen LogP contribution in [0.5, 0.6) is 5.75 Å². The SMILES string of the molecule is COc1ccccc1/C=C1\N=C(SCC(=O)Nc2cc(C)on2)N(c2ccccc2)C1=O. The van der Waals surface area contributed by atoms with Crippen LogP contribution in [0.2, 0.25) is 0 Å². The number of carbonyl (C=O) groups excluding carboxylic acids is 2. The molecule has 8 nitrogen and oxygen atoms in total.